The Balaban J connectivity index is 1.69. The molecule has 1 aromatic carbocycles. The second-order valence-electron chi connectivity index (χ2n) is 8.16. The maximum Gasteiger partial charge on any atom is 0.261 e. The molecule has 2 heterocycles. The van der Waals surface area contributed by atoms with Crippen LogP contribution in [-0.2, 0) is 11.8 Å². The van der Waals surface area contributed by atoms with Crippen molar-refractivity contribution in [1.29, 1.82) is 0 Å². The van der Waals surface area contributed by atoms with Crippen molar-refractivity contribution in [2.45, 2.75) is 39.7 Å². The van der Waals surface area contributed by atoms with Crippen molar-refractivity contribution in [3.05, 3.63) is 38.9 Å². The molecule has 1 saturated heterocycles. The standard InChI is InChI=1S/C21H28N4O3S/c1-12(2)13(3)22-18(26)14-7-9-25(10-8-14)19(27)15-5-6-16-17(11-15)23-21(29)24(4)20(16)28/h5-6,11-14H,7-10H2,1-4H3,(H,22,26)(H,23,29). The van der Waals surface area contributed by atoms with Crippen molar-refractivity contribution < 1.29 is 9.59 Å². The lowest BCUT2D eigenvalue weighted by molar-refractivity contribution is -0.127. The van der Waals surface area contributed by atoms with Crippen molar-refractivity contribution in [2.24, 2.45) is 18.9 Å². The van der Waals surface area contributed by atoms with Crippen LogP contribution in [0.3, 0.4) is 0 Å². The highest BCUT2D eigenvalue weighted by molar-refractivity contribution is 7.71. The number of amides is 2. The van der Waals surface area contributed by atoms with Gasteiger partial charge in [-0.2, -0.15) is 0 Å². The van der Waals surface area contributed by atoms with Crippen LogP contribution in [0.5, 0.6) is 0 Å². The summed E-state index contributed by atoms with van der Waals surface area (Å²) in [4.78, 5) is 42.4. The third-order valence-corrected chi connectivity index (χ3v) is 6.25. The van der Waals surface area contributed by atoms with Gasteiger partial charge in [-0.05, 0) is 56.1 Å². The minimum absolute atomic E-state index is 0.0593. The quantitative estimate of drug-likeness (QED) is 0.750. The number of carbonyl (C=O) groups excluding carboxylic acids is 2. The second kappa shape index (κ2) is 8.49. The van der Waals surface area contributed by atoms with Gasteiger partial charge in [0, 0.05) is 37.7 Å². The Morgan fingerprint density at radius 2 is 1.86 bits per heavy atom. The van der Waals surface area contributed by atoms with Crippen LogP contribution in [0, 0.1) is 16.6 Å². The summed E-state index contributed by atoms with van der Waals surface area (Å²) in [6, 6.07) is 5.14. The largest absolute Gasteiger partial charge is 0.353 e. The highest BCUT2D eigenvalue weighted by atomic mass is 32.1. The predicted molar refractivity (Wildman–Crippen MR) is 115 cm³/mol. The first-order chi connectivity index (χ1) is 13.7. The van der Waals surface area contributed by atoms with E-state index >= 15 is 0 Å². The summed E-state index contributed by atoms with van der Waals surface area (Å²) in [6.07, 6.45) is 1.30. The van der Waals surface area contributed by atoms with Gasteiger partial charge in [-0.15, -0.1) is 0 Å². The number of rotatable bonds is 4. The summed E-state index contributed by atoms with van der Waals surface area (Å²) < 4.78 is 1.68. The molecule has 1 aliphatic rings. The number of carbonyl (C=O) groups is 2. The van der Waals surface area contributed by atoms with E-state index in [-0.39, 0.29) is 29.3 Å². The van der Waals surface area contributed by atoms with Gasteiger partial charge < -0.3 is 15.2 Å². The number of piperidine rings is 1. The maximum atomic E-state index is 12.9. The molecular weight excluding hydrogens is 388 g/mol. The number of H-pyrrole nitrogens is 1. The van der Waals surface area contributed by atoms with Gasteiger partial charge in [0.05, 0.1) is 10.9 Å². The van der Waals surface area contributed by atoms with E-state index in [2.05, 4.69) is 24.1 Å². The van der Waals surface area contributed by atoms with Crippen molar-refractivity contribution >= 4 is 34.9 Å². The number of nitrogens with zero attached hydrogens (tertiary/aromatic N) is 2. The maximum absolute atomic E-state index is 12.9. The number of fused-ring (bicyclic) bond motifs is 1. The summed E-state index contributed by atoms with van der Waals surface area (Å²) in [6.45, 7) is 7.25. The molecule has 7 nitrogen and oxygen atoms in total. The van der Waals surface area contributed by atoms with Gasteiger partial charge >= 0.3 is 0 Å². The van der Waals surface area contributed by atoms with E-state index in [4.69, 9.17) is 12.2 Å². The monoisotopic (exact) mass is 416 g/mol. The van der Waals surface area contributed by atoms with E-state index in [1.165, 1.54) is 4.57 Å². The van der Waals surface area contributed by atoms with Crippen molar-refractivity contribution in [3.63, 3.8) is 0 Å². The molecule has 3 rings (SSSR count). The lowest BCUT2D eigenvalue weighted by atomic mass is 9.94. The van der Waals surface area contributed by atoms with Crippen LogP contribution in [0.2, 0.25) is 0 Å². The van der Waals surface area contributed by atoms with Gasteiger partial charge in [0.15, 0.2) is 4.77 Å². The lowest BCUT2D eigenvalue weighted by Gasteiger charge is -2.32. The molecule has 0 saturated carbocycles. The number of hydrogen-bond donors (Lipinski definition) is 2. The summed E-state index contributed by atoms with van der Waals surface area (Å²) >= 11 is 5.16. The van der Waals surface area contributed by atoms with Crippen LogP contribution in [0.25, 0.3) is 10.9 Å². The number of nitrogens with one attached hydrogen (secondary N) is 2. The van der Waals surface area contributed by atoms with E-state index < -0.39 is 0 Å². The zero-order valence-corrected chi connectivity index (χ0v) is 18.1. The van der Waals surface area contributed by atoms with Crippen LogP contribution < -0.4 is 10.9 Å². The Bertz CT molecular complexity index is 1050. The first kappa shape index (κ1) is 21.2. The Kier molecular flexibility index (Phi) is 6.21. The van der Waals surface area contributed by atoms with Crippen LogP contribution in [0.15, 0.2) is 23.0 Å². The highest BCUT2D eigenvalue weighted by Gasteiger charge is 2.28. The summed E-state index contributed by atoms with van der Waals surface area (Å²) in [5.74, 6) is 0.308. The molecule has 0 bridgehead atoms. The molecule has 8 heteroatoms. The number of hydrogen-bond acceptors (Lipinski definition) is 4. The molecule has 0 spiro atoms. The third-order valence-electron chi connectivity index (χ3n) is 5.87. The molecule has 156 valence electrons. The third kappa shape index (κ3) is 4.42. The van der Waals surface area contributed by atoms with Crippen LogP contribution in [-0.4, -0.2) is 45.4 Å². The second-order valence-corrected chi connectivity index (χ2v) is 8.55. The minimum atomic E-state index is -0.190. The van der Waals surface area contributed by atoms with E-state index in [0.29, 0.717) is 53.1 Å². The Morgan fingerprint density at radius 1 is 1.21 bits per heavy atom. The van der Waals surface area contributed by atoms with E-state index in [1.807, 2.05) is 6.92 Å². The Hall–Kier alpha value is -2.48. The molecule has 1 atom stereocenters. The summed E-state index contributed by atoms with van der Waals surface area (Å²) in [7, 11) is 1.61. The molecule has 1 fully saturated rings. The minimum Gasteiger partial charge on any atom is -0.353 e. The highest BCUT2D eigenvalue weighted by Crippen LogP contribution is 2.21. The summed E-state index contributed by atoms with van der Waals surface area (Å²) in [5, 5.41) is 3.56. The van der Waals surface area contributed by atoms with E-state index in [9.17, 15) is 14.4 Å². The van der Waals surface area contributed by atoms with Gasteiger partial charge in [0.25, 0.3) is 11.5 Å². The topological polar surface area (TPSA) is 87.2 Å². The van der Waals surface area contributed by atoms with Crippen molar-refractivity contribution in [3.8, 4) is 0 Å². The zero-order chi connectivity index (χ0) is 21.3. The number of aromatic amines is 1. The van der Waals surface area contributed by atoms with Crippen LogP contribution in [0.4, 0.5) is 0 Å². The molecule has 29 heavy (non-hydrogen) atoms. The Labute approximate surface area is 175 Å². The van der Waals surface area contributed by atoms with Gasteiger partial charge in [0.1, 0.15) is 0 Å². The predicted octanol–water partition coefficient (Wildman–Crippen LogP) is 2.61. The smallest absolute Gasteiger partial charge is 0.261 e. The fourth-order valence-electron chi connectivity index (χ4n) is 3.48. The molecule has 2 amide bonds. The molecule has 0 radical (unpaired) electrons. The lowest BCUT2D eigenvalue weighted by Crippen LogP contribution is -2.45. The fraction of sp³-hybridized carbons (Fsp3) is 0.524. The molecule has 0 aliphatic carbocycles. The SMILES string of the molecule is CC(C)C(C)NC(=O)C1CCN(C(=O)c2ccc3c(=O)n(C)c(=S)[nH]c3c2)CC1. The average molecular weight is 417 g/mol. The summed E-state index contributed by atoms with van der Waals surface area (Å²) in [5.41, 5.74) is 0.874. The Morgan fingerprint density at radius 3 is 2.48 bits per heavy atom. The van der Waals surface area contributed by atoms with Crippen molar-refractivity contribution in [2.75, 3.05) is 13.1 Å². The van der Waals surface area contributed by atoms with Gasteiger partial charge in [-0.3, -0.25) is 19.0 Å². The number of benzene rings is 1. The number of likely N-dealkylation sites (tertiary alicyclic amines) is 1. The van der Waals surface area contributed by atoms with E-state index in [0.717, 1.165) is 0 Å². The normalized spacial score (nSPS) is 16.2. The molecule has 2 N–H and O–H groups in total. The van der Waals surface area contributed by atoms with Crippen LogP contribution in [0.1, 0.15) is 44.0 Å². The molecule has 2 aromatic rings. The zero-order valence-electron chi connectivity index (χ0n) is 17.3. The molecular formula is C21H28N4O3S. The first-order valence-electron chi connectivity index (χ1n) is 10.0. The number of aromatic nitrogens is 2. The van der Waals surface area contributed by atoms with Crippen LogP contribution >= 0.6 is 12.2 Å². The molecule has 1 unspecified atom stereocenters. The molecule has 1 aliphatic heterocycles. The molecule has 1 aromatic heterocycles. The van der Waals surface area contributed by atoms with E-state index in [1.54, 1.807) is 30.1 Å². The fourth-order valence-corrected chi connectivity index (χ4v) is 3.67. The van der Waals surface area contributed by atoms with Gasteiger partial charge in [0.2, 0.25) is 5.91 Å². The average Bonchev–Trinajstić information content (AvgIpc) is 2.71. The van der Waals surface area contributed by atoms with Gasteiger partial charge in [-0.25, -0.2) is 0 Å². The first-order valence-corrected chi connectivity index (χ1v) is 10.4. The van der Waals surface area contributed by atoms with Gasteiger partial charge in [-0.1, -0.05) is 13.8 Å². The van der Waals surface area contributed by atoms with Crippen molar-refractivity contribution in [1.82, 2.24) is 19.8 Å².